The van der Waals surface area contributed by atoms with Gasteiger partial charge in [0.1, 0.15) is 11.5 Å². The van der Waals surface area contributed by atoms with Gasteiger partial charge in [-0.3, -0.25) is 14.9 Å². The van der Waals surface area contributed by atoms with Crippen molar-refractivity contribution in [3.63, 3.8) is 0 Å². The summed E-state index contributed by atoms with van der Waals surface area (Å²) in [4.78, 5) is 27.3. The van der Waals surface area contributed by atoms with Crippen LogP contribution in [0.3, 0.4) is 0 Å². The van der Waals surface area contributed by atoms with Gasteiger partial charge in [0.2, 0.25) is 5.95 Å². The number of carbonyl (C=O) groups is 1. The smallest absolute Gasteiger partial charge is 0.287 e. The highest BCUT2D eigenvalue weighted by Gasteiger charge is 2.14. The quantitative estimate of drug-likeness (QED) is 0.491. The molecule has 2 aromatic rings. The summed E-state index contributed by atoms with van der Waals surface area (Å²) < 4.78 is 12.8. The first kappa shape index (κ1) is 11.7. The highest BCUT2D eigenvalue weighted by Crippen LogP contribution is 2.13. The number of amides is 1. The fourth-order valence-corrected chi connectivity index (χ4v) is 1.28. The second-order valence-corrected chi connectivity index (χ2v) is 3.33. The molecule has 7 nitrogen and oxygen atoms in total. The molecule has 0 atom stereocenters. The van der Waals surface area contributed by atoms with Crippen LogP contribution < -0.4 is 5.32 Å². The summed E-state index contributed by atoms with van der Waals surface area (Å²) in [6, 6.07) is 5.00. The van der Waals surface area contributed by atoms with Gasteiger partial charge in [-0.2, -0.15) is 4.39 Å². The van der Waals surface area contributed by atoms with Gasteiger partial charge in [-0.1, -0.05) is 6.07 Å². The zero-order valence-corrected chi connectivity index (χ0v) is 8.88. The number of rotatable bonds is 3. The number of hydrogen-bond acceptors (Lipinski definition) is 4. The van der Waals surface area contributed by atoms with Crippen LogP contribution in [0.25, 0.3) is 0 Å². The molecule has 0 aliphatic rings. The number of aromatic amines is 1. The van der Waals surface area contributed by atoms with Crippen LogP contribution in [0.4, 0.5) is 15.9 Å². The Bertz CT molecular complexity index is 611. The summed E-state index contributed by atoms with van der Waals surface area (Å²) in [7, 11) is 0. The minimum absolute atomic E-state index is 0.00670. The first-order chi connectivity index (χ1) is 8.56. The second kappa shape index (κ2) is 4.62. The third kappa shape index (κ3) is 2.48. The van der Waals surface area contributed by atoms with Crippen molar-refractivity contribution in [2.75, 3.05) is 5.32 Å². The van der Waals surface area contributed by atoms with Crippen molar-refractivity contribution in [1.82, 2.24) is 9.97 Å². The molecule has 0 unspecified atom stereocenters. The van der Waals surface area contributed by atoms with Gasteiger partial charge in [0, 0.05) is 6.07 Å². The minimum atomic E-state index is -0.731. The Morgan fingerprint density at radius 2 is 2.28 bits per heavy atom. The number of aromatic nitrogens is 2. The Morgan fingerprint density at radius 1 is 1.50 bits per heavy atom. The maximum atomic E-state index is 12.8. The van der Waals surface area contributed by atoms with Crippen LogP contribution in [0.2, 0.25) is 0 Å². The largest absolute Gasteiger partial charge is 0.351 e. The molecule has 2 heterocycles. The van der Waals surface area contributed by atoms with Gasteiger partial charge in [-0.25, -0.2) is 4.98 Å². The van der Waals surface area contributed by atoms with Gasteiger partial charge >= 0.3 is 0 Å². The van der Waals surface area contributed by atoms with Gasteiger partial charge in [0.25, 0.3) is 11.6 Å². The van der Waals surface area contributed by atoms with Gasteiger partial charge in [-0.15, -0.1) is 0 Å². The lowest BCUT2D eigenvalue weighted by Gasteiger charge is -2.01. The molecule has 0 aliphatic carbocycles. The van der Waals surface area contributed by atoms with Crippen molar-refractivity contribution in [2.45, 2.75) is 0 Å². The predicted molar refractivity (Wildman–Crippen MR) is 59.6 cm³/mol. The Labute approximate surface area is 99.8 Å². The first-order valence-electron chi connectivity index (χ1n) is 4.83. The van der Waals surface area contributed by atoms with E-state index in [4.69, 9.17) is 0 Å². The number of H-pyrrole nitrogens is 1. The Hall–Kier alpha value is -2.77. The Balaban J connectivity index is 2.14. The molecule has 2 aromatic heterocycles. The van der Waals surface area contributed by atoms with E-state index in [1.54, 1.807) is 0 Å². The van der Waals surface area contributed by atoms with Gasteiger partial charge in [-0.05, 0) is 12.1 Å². The average Bonchev–Trinajstić information content (AvgIpc) is 2.78. The molecule has 0 aliphatic heterocycles. The normalized spacial score (nSPS) is 10.1. The fourth-order valence-electron chi connectivity index (χ4n) is 1.28. The van der Waals surface area contributed by atoms with Crippen LogP contribution in [0.1, 0.15) is 10.5 Å². The molecule has 18 heavy (non-hydrogen) atoms. The molecule has 0 radical (unpaired) electrons. The molecule has 0 saturated carbocycles. The molecular formula is C10H7FN4O3. The number of nitrogens with one attached hydrogen (secondary N) is 2. The minimum Gasteiger partial charge on any atom is -0.351 e. The van der Waals surface area contributed by atoms with E-state index in [1.807, 2.05) is 0 Å². The summed E-state index contributed by atoms with van der Waals surface area (Å²) in [5.41, 5.74) is -0.236. The lowest BCUT2D eigenvalue weighted by atomic mass is 10.3. The Kier molecular flexibility index (Phi) is 3.00. The zero-order valence-electron chi connectivity index (χ0n) is 8.88. The molecule has 8 heteroatoms. The number of nitro groups is 1. The monoisotopic (exact) mass is 250 g/mol. The van der Waals surface area contributed by atoms with E-state index in [0.29, 0.717) is 0 Å². The lowest BCUT2D eigenvalue weighted by Crippen LogP contribution is -2.13. The molecule has 2 rings (SSSR count). The van der Waals surface area contributed by atoms with Crippen molar-refractivity contribution in [1.29, 1.82) is 0 Å². The summed E-state index contributed by atoms with van der Waals surface area (Å²) in [6.45, 7) is 0. The van der Waals surface area contributed by atoms with E-state index in [1.165, 1.54) is 12.1 Å². The summed E-state index contributed by atoms with van der Waals surface area (Å²) in [5.74, 6) is -1.34. The highest BCUT2D eigenvalue weighted by molar-refractivity contribution is 6.02. The fraction of sp³-hybridized carbons (Fsp3) is 0. The molecule has 0 bridgehead atoms. The highest BCUT2D eigenvalue weighted by atomic mass is 19.1. The SMILES string of the molecule is O=C(Nc1cccc(F)n1)c1cc([N+](=O)[O-])c[nH]1. The average molecular weight is 250 g/mol. The third-order valence-corrected chi connectivity index (χ3v) is 2.08. The standard InChI is InChI=1S/C10H7FN4O3/c11-8-2-1-3-9(13-8)14-10(16)7-4-6(5-12-7)15(17)18/h1-5,12H,(H,13,14,16). The topological polar surface area (TPSA) is 101 Å². The van der Waals surface area contributed by atoms with E-state index < -0.39 is 16.8 Å². The van der Waals surface area contributed by atoms with Crippen LogP contribution in [0.15, 0.2) is 30.5 Å². The predicted octanol–water partition coefficient (Wildman–Crippen LogP) is 1.71. The summed E-state index contributed by atoms with van der Waals surface area (Å²) in [6.07, 6.45) is 1.09. The number of pyridine rings is 1. The van der Waals surface area contributed by atoms with Gasteiger partial charge in [0.05, 0.1) is 11.1 Å². The van der Waals surface area contributed by atoms with Crippen LogP contribution >= 0.6 is 0 Å². The molecule has 0 aromatic carbocycles. The van der Waals surface area contributed by atoms with Crippen molar-refractivity contribution in [3.8, 4) is 0 Å². The number of halogens is 1. The number of hydrogen-bond donors (Lipinski definition) is 2. The van der Waals surface area contributed by atoms with Crippen molar-refractivity contribution >= 4 is 17.4 Å². The Morgan fingerprint density at radius 3 is 2.89 bits per heavy atom. The van der Waals surface area contributed by atoms with Crippen molar-refractivity contribution in [2.24, 2.45) is 0 Å². The molecule has 92 valence electrons. The van der Waals surface area contributed by atoms with Crippen LogP contribution in [0, 0.1) is 16.1 Å². The summed E-state index contributed by atoms with van der Waals surface area (Å²) >= 11 is 0. The van der Waals surface area contributed by atoms with Gasteiger partial charge < -0.3 is 10.3 Å². The molecule has 2 N–H and O–H groups in total. The molecular weight excluding hydrogens is 243 g/mol. The molecule has 0 fully saturated rings. The van der Waals surface area contributed by atoms with Crippen LogP contribution in [-0.2, 0) is 0 Å². The lowest BCUT2D eigenvalue weighted by molar-refractivity contribution is -0.384. The van der Waals surface area contributed by atoms with E-state index in [9.17, 15) is 19.3 Å². The summed E-state index contributed by atoms with van der Waals surface area (Å²) in [5, 5.41) is 12.7. The number of nitrogens with zero attached hydrogens (tertiary/aromatic N) is 2. The van der Waals surface area contributed by atoms with Crippen LogP contribution in [0.5, 0.6) is 0 Å². The van der Waals surface area contributed by atoms with E-state index in [-0.39, 0.29) is 17.2 Å². The number of anilines is 1. The maximum Gasteiger partial charge on any atom is 0.287 e. The van der Waals surface area contributed by atoms with Crippen LogP contribution in [-0.4, -0.2) is 20.8 Å². The number of carbonyl (C=O) groups excluding carboxylic acids is 1. The molecule has 0 saturated heterocycles. The molecule has 0 spiro atoms. The van der Waals surface area contributed by atoms with Crippen molar-refractivity contribution < 1.29 is 14.1 Å². The van der Waals surface area contributed by atoms with E-state index in [2.05, 4.69) is 15.3 Å². The second-order valence-electron chi connectivity index (χ2n) is 3.33. The van der Waals surface area contributed by atoms with Gasteiger partial charge in [0.15, 0.2) is 0 Å². The first-order valence-corrected chi connectivity index (χ1v) is 4.83. The zero-order chi connectivity index (χ0) is 13.1. The maximum absolute atomic E-state index is 12.8. The van der Waals surface area contributed by atoms with Crippen molar-refractivity contribution in [3.05, 3.63) is 52.2 Å². The van der Waals surface area contributed by atoms with E-state index >= 15 is 0 Å². The third-order valence-electron chi connectivity index (χ3n) is 2.08. The van der Waals surface area contributed by atoms with E-state index in [0.717, 1.165) is 18.3 Å². The molecule has 1 amide bonds.